The summed E-state index contributed by atoms with van der Waals surface area (Å²) in [6.45, 7) is 4.52. The van der Waals surface area contributed by atoms with Gasteiger partial charge in [0.2, 0.25) is 5.95 Å². The molecule has 224 valence electrons. The number of nitrogens with zero attached hydrogens (tertiary/aromatic N) is 5. The molecule has 1 aliphatic rings. The molecule has 4 rings (SSSR count). The summed E-state index contributed by atoms with van der Waals surface area (Å²) in [6.07, 6.45) is 12.9. The molecule has 1 atom stereocenters. The number of hydrogen-bond acceptors (Lipinski definition) is 10. The van der Waals surface area contributed by atoms with E-state index in [9.17, 15) is 5.26 Å². The van der Waals surface area contributed by atoms with Crippen LogP contribution in [0.4, 0.5) is 11.6 Å². The van der Waals surface area contributed by atoms with Gasteiger partial charge in [-0.25, -0.2) is 9.97 Å². The Balaban J connectivity index is 1.45. The Kier molecular flexibility index (Phi) is 11.9. The zero-order chi connectivity index (χ0) is 29.6. The molecule has 12 heteroatoms. The summed E-state index contributed by atoms with van der Waals surface area (Å²) < 4.78 is 24.6. The highest BCUT2D eigenvalue weighted by Gasteiger charge is 2.20. The van der Waals surface area contributed by atoms with Gasteiger partial charge in [0.1, 0.15) is 23.6 Å². The largest absolute Gasteiger partial charge is 0.487 e. The molecule has 0 saturated heterocycles. The summed E-state index contributed by atoms with van der Waals surface area (Å²) in [5.74, 6) is 1.41. The van der Waals surface area contributed by atoms with Crippen molar-refractivity contribution >= 4 is 18.0 Å². The Hall–Kier alpha value is -4.21. The molecule has 1 saturated carbocycles. The zero-order valence-electron chi connectivity index (χ0n) is 24.3. The maximum atomic E-state index is 9.52. The fourth-order valence-corrected chi connectivity index (χ4v) is 4.71. The van der Waals surface area contributed by atoms with Crippen molar-refractivity contribution < 1.29 is 18.9 Å². The van der Waals surface area contributed by atoms with Crippen molar-refractivity contribution in [3.63, 3.8) is 0 Å². The van der Waals surface area contributed by atoms with E-state index in [-0.39, 0.29) is 6.10 Å². The van der Waals surface area contributed by atoms with Crippen molar-refractivity contribution in [2.75, 3.05) is 45.4 Å². The molecule has 1 fully saturated rings. The van der Waals surface area contributed by atoms with E-state index in [4.69, 9.17) is 29.5 Å². The van der Waals surface area contributed by atoms with Crippen molar-refractivity contribution in [1.29, 1.82) is 10.7 Å². The van der Waals surface area contributed by atoms with Crippen LogP contribution in [-0.2, 0) is 9.47 Å². The van der Waals surface area contributed by atoms with E-state index >= 15 is 0 Å². The first-order chi connectivity index (χ1) is 20.6. The van der Waals surface area contributed by atoms with Gasteiger partial charge >= 0.3 is 0 Å². The minimum Gasteiger partial charge on any atom is -0.487 e. The summed E-state index contributed by atoms with van der Waals surface area (Å²) in [6, 6.07) is 7.90. The number of ether oxygens (including phenoxy) is 4. The number of aromatic nitrogens is 4. The third-order valence-corrected chi connectivity index (χ3v) is 6.92. The van der Waals surface area contributed by atoms with E-state index in [1.165, 1.54) is 19.3 Å². The molecule has 0 unspecified atom stereocenters. The molecular weight excluding hydrogens is 536 g/mol. The van der Waals surface area contributed by atoms with Gasteiger partial charge in [0.05, 0.1) is 50.5 Å². The first-order valence-electron chi connectivity index (χ1n) is 14.4. The van der Waals surface area contributed by atoms with E-state index in [1.807, 2.05) is 29.9 Å². The van der Waals surface area contributed by atoms with Crippen molar-refractivity contribution in [1.82, 2.24) is 25.1 Å². The lowest BCUT2D eigenvalue weighted by Gasteiger charge is -2.21. The van der Waals surface area contributed by atoms with E-state index in [2.05, 4.69) is 26.7 Å². The number of nitrogens with one attached hydrogen (secondary N) is 3. The monoisotopic (exact) mass is 576 g/mol. The van der Waals surface area contributed by atoms with Crippen LogP contribution in [0.1, 0.15) is 57.1 Å². The minimum atomic E-state index is -0.231. The second-order valence-corrected chi connectivity index (χ2v) is 10.2. The molecule has 1 aliphatic carbocycles. The van der Waals surface area contributed by atoms with Crippen LogP contribution in [0.3, 0.4) is 0 Å². The lowest BCUT2D eigenvalue weighted by atomic mass is 9.96. The number of nitriles is 1. The summed E-state index contributed by atoms with van der Waals surface area (Å²) in [5.41, 5.74) is 2.76. The molecule has 0 amide bonds. The maximum Gasteiger partial charge on any atom is 0.256 e. The van der Waals surface area contributed by atoms with E-state index < -0.39 is 0 Å². The van der Waals surface area contributed by atoms with Crippen LogP contribution in [0, 0.1) is 16.7 Å². The molecular formula is C30H40N8O4. The molecule has 3 aromatic rings. The molecule has 12 nitrogen and oxygen atoms in total. The van der Waals surface area contributed by atoms with Crippen LogP contribution in [-0.4, -0.2) is 72.3 Å². The van der Waals surface area contributed by atoms with Gasteiger partial charge in [-0.15, -0.1) is 5.10 Å². The molecule has 0 spiro atoms. The van der Waals surface area contributed by atoms with E-state index in [0.717, 1.165) is 42.4 Å². The van der Waals surface area contributed by atoms with Gasteiger partial charge < -0.3 is 29.6 Å². The standard InChI is InChI=1S/C30H40N8O4/c1-22(17-33-21-32)42-28-15-23(9-10-24(28)16-31)25-18-34-30(35-19-25)36-27-20-38(26-7-4-3-5-8-26)37-29(27)41-12-6-11-40-14-13-39-2/h9-10,15,18-22,26H,3-8,11-14,17H2,1-2H3,(H2,32,33)(H,34,35,36)/t22-/m0/s1. The van der Waals surface area contributed by atoms with Gasteiger partial charge in [0.25, 0.3) is 5.88 Å². The van der Waals surface area contributed by atoms with Gasteiger partial charge in [0, 0.05) is 38.1 Å². The second kappa shape index (κ2) is 16.3. The Morgan fingerprint density at radius 3 is 2.67 bits per heavy atom. The third-order valence-electron chi connectivity index (χ3n) is 6.92. The Bertz CT molecular complexity index is 1300. The lowest BCUT2D eigenvalue weighted by Crippen LogP contribution is -2.27. The van der Waals surface area contributed by atoms with Gasteiger partial charge in [-0.2, -0.15) is 5.26 Å². The SMILES string of the molecule is COCCOCCCOc1nn(C2CCCCC2)cc1Nc1ncc(-c2ccc(C#N)c(O[C@@H](C)CNC=N)c2)cn1. The topological polar surface area (TPSA) is 152 Å². The number of rotatable bonds is 17. The first-order valence-corrected chi connectivity index (χ1v) is 14.4. The second-order valence-electron chi connectivity index (χ2n) is 10.2. The van der Waals surface area contributed by atoms with Crippen LogP contribution in [0.15, 0.2) is 36.8 Å². The summed E-state index contributed by atoms with van der Waals surface area (Å²) in [7, 11) is 1.65. The Morgan fingerprint density at radius 2 is 1.93 bits per heavy atom. The van der Waals surface area contributed by atoms with Crippen molar-refractivity contribution in [2.24, 2.45) is 0 Å². The highest BCUT2D eigenvalue weighted by atomic mass is 16.5. The fourth-order valence-electron chi connectivity index (χ4n) is 4.71. The highest BCUT2D eigenvalue weighted by molar-refractivity contribution is 5.67. The van der Waals surface area contributed by atoms with E-state index in [0.29, 0.717) is 62.2 Å². The molecule has 0 aliphatic heterocycles. The molecule has 0 radical (unpaired) electrons. The van der Waals surface area contributed by atoms with Crippen LogP contribution in [0.5, 0.6) is 11.6 Å². The first kappa shape index (κ1) is 30.7. The van der Waals surface area contributed by atoms with Gasteiger partial charge in [-0.3, -0.25) is 10.1 Å². The average molecular weight is 577 g/mol. The minimum absolute atomic E-state index is 0.231. The summed E-state index contributed by atoms with van der Waals surface area (Å²) >= 11 is 0. The summed E-state index contributed by atoms with van der Waals surface area (Å²) in [4.78, 5) is 9.08. The van der Waals surface area contributed by atoms with E-state index in [1.54, 1.807) is 25.6 Å². The number of anilines is 2. The molecule has 0 bridgehead atoms. The van der Waals surface area contributed by atoms with Crippen LogP contribution in [0.2, 0.25) is 0 Å². The predicted octanol–water partition coefficient (Wildman–Crippen LogP) is 4.86. The van der Waals surface area contributed by atoms with Crippen LogP contribution in [0.25, 0.3) is 11.1 Å². The molecule has 1 aromatic carbocycles. The normalized spacial score (nSPS) is 14.1. The van der Waals surface area contributed by atoms with Crippen molar-refractivity contribution in [3.05, 3.63) is 42.4 Å². The quantitative estimate of drug-likeness (QED) is 0.115. The molecule has 42 heavy (non-hydrogen) atoms. The van der Waals surface area contributed by atoms with Crippen LogP contribution < -0.4 is 20.1 Å². The maximum absolute atomic E-state index is 9.52. The Labute approximate surface area is 246 Å². The van der Waals surface area contributed by atoms with Gasteiger partial charge in [-0.1, -0.05) is 25.3 Å². The zero-order valence-corrected chi connectivity index (χ0v) is 24.3. The number of hydrogen-bond donors (Lipinski definition) is 3. The van der Waals surface area contributed by atoms with Crippen LogP contribution >= 0.6 is 0 Å². The van der Waals surface area contributed by atoms with Crippen molar-refractivity contribution in [2.45, 2.75) is 57.6 Å². The number of methoxy groups -OCH3 is 1. The summed E-state index contributed by atoms with van der Waals surface area (Å²) in [5, 5.41) is 27.5. The smallest absolute Gasteiger partial charge is 0.256 e. The average Bonchev–Trinajstić information content (AvgIpc) is 3.42. The highest BCUT2D eigenvalue weighted by Crippen LogP contribution is 2.33. The fraction of sp³-hybridized carbons (Fsp3) is 0.500. The van der Waals surface area contributed by atoms with Gasteiger partial charge in [-0.05, 0) is 37.5 Å². The third kappa shape index (κ3) is 8.89. The van der Waals surface area contributed by atoms with Gasteiger partial charge in [0.15, 0.2) is 0 Å². The lowest BCUT2D eigenvalue weighted by molar-refractivity contribution is 0.0641. The predicted molar refractivity (Wildman–Crippen MR) is 159 cm³/mol. The molecule has 3 N–H and O–H groups in total. The van der Waals surface area contributed by atoms with Crippen molar-refractivity contribution in [3.8, 4) is 28.8 Å². The molecule has 2 heterocycles. The molecule has 2 aromatic heterocycles. The Morgan fingerprint density at radius 1 is 1.12 bits per heavy atom. The number of benzene rings is 1.